The van der Waals surface area contributed by atoms with Crippen LogP contribution in [0.5, 0.6) is 11.5 Å². The molecule has 1 unspecified atom stereocenters. The Morgan fingerprint density at radius 1 is 1.07 bits per heavy atom. The van der Waals surface area contributed by atoms with Crippen molar-refractivity contribution in [2.45, 2.75) is 32.0 Å². The summed E-state index contributed by atoms with van der Waals surface area (Å²) in [7, 11) is 4.55. The average Bonchev–Trinajstić information content (AvgIpc) is 3.62. The summed E-state index contributed by atoms with van der Waals surface area (Å²) < 4.78 is 23.7. The lowest BCUT2D eigenvalue weighted by molar-refractivity contribution is 0.0580. The maximum atomic E-state index is 13.2. The number of rotatable bonds is 10. The van der Waals surface area contributed by atoms with Gasteiger partial charge in [-0.05, 0) is 49.2 Å². The van der Waals surface area contributed by atoms with Gasteiger partial charge in [-0.1, -0.05) is 18.2 Å². The van der Waals surface area contributed by atoms with Crippen molar-refractivity contribution in [1.82, 2.24) is 9.55 Å². The number of carbonyl (C=O) groups excluding carboxylic acids is 2. The molecule has 4 aromatic rings. The van der Waals surface area contributed by atoms with E-state index >= 15 is 0 Å². The normalized spacial score (nSPS) is 14.6. The molecule has 1 aliphatic rings. The predicted octanol–water partition coefficient (Wildman–Crippen LogP) is 4.88. The minimum absolute atomic E-state index is 0.0724. The Morgan fingerprint density at radius 3 is 2.60 bits per heavy atom. The second kappa shape index (κ2) is 12.1. The number of fused-ring (bicyclic) bond motifs is 1. The van der Waals surface area contributed by atoms with E-state index in [2.05, 4.69) is 10.6 Å². The molecule has 0 saturated carbocycles. The molecule has 0 radical (unpaired) electrons. The number of benzene rings is 2. The molecule has 0 aliphatic carbocycles. The minimum atomic E-state index is -0.574. The van der Waals surface area contributed by atoms with E-state index in [9.17, 15) is 9.59 Å². The summed E-state index contributed by atoms with van der Waals surface area (Å²) in [4.78, 5) is 31.1. The molecule has 208 valence electrons. The standard InChI is InChI=1S/C30H32N4O6/c1-37-22-11-12-25(38-2)20(14-22)16-31-21-15-24-26(33-29(35)19-8-5-4-6-9-19)27(30(36)39-3)34(28(24)32-17-21)18-23-10-7-13-40-23/h4-6,8-9,11-12,14-15,17,23,31H,7,10,13,16,18H2,1-3H3,(H,33,35). The molecule has 1 atom stereocenters. The van der Waals surface area contributed by atoms with E-state index in [4.69, 9.17) is 23.9 Å². The lowest BCUT2D eigenvalue weighted by atomic mass is 10.1. The van der Waals surface area contributed by atoms with E-state index < -0.39 is 5.97 Å². The lowest BCUT2D eigenvalue weighted by Gasteiger charge is -2.14. The fourth-order valence-electron chi connectivity index (χ4n) is 4.92. The van der Waals surface area contributed by atoms with Crippen LogP contribution >= 0.6 is 0 Å². The molecule has 40 heavy (non-hydrogen) atoms. The van der Waals surface area contributed by atoms with E-state index in [1.54, 1.807) is 49.2 Å². The zero-order valence-corrected chi connectivity index (χ0v) is 22.7. The molecule has 0 bridgehead atoms. The van der Waals surface area contributed by atoms with Gasteiger partial charge in [-0.2, -0.15) is 0 Å². The molecule has 2 aromatic heterocycles. The van der Waals surface area contributed by atoms with Crippen molar-refractivity contribution < 1.29 is 28.5 Å². The summed E-state index contributed by atoms with van der Waals surface area (Å²) in [5.41, 5.74) is 3.15. The van der Waals surface area contributed by atoms with Crippen molar-refractivity contribution >= 4 is 34.3 Å². The van der Waals surface area contributed by atoms with Crippen molar-refractivity contribution in [2.24, 2.45) is 0 Å². The van der Waals surface area contributed by atoms with Gasteiger partial charge in [0.1, 0.15) is 17.1 Å². The summed E-state index contributed by atoms with van der Waals surface area (Å²) >= 11 is 0. The summed E-state index contributed by atoms with van der Waals surface area (Å²) in [5.74, 6) is 0.510. The first-order valence-electron chi connectivity index (χ1n) is 13.1. The third kappa shape index (κ3) is 5.57. The minimum Gasteiger partial charge on any atom is -0.497 e. The van der Waals surface area contributed by atoms with Crippen molar-refractivity contribution in [3.8, 4) is 11.5 Å². The molecule has 2 N–H and O–H groups in total. The first-order valence-corrected chi connectivity index (χ1v) is 13.1. The van der Waals surface area contributed by atoms with Crippen LogP contribution in [0.2, 0.25) is 0 Å². The molecule has 3 heterocycles. The number of amides is 1. The number of carbonyl (C=O) groups is 2. The fraction of sp³-hybridized carbons (Fsp3) is 0.300. The highest BCUT2D eigenvalue weighted by atomic mass is 16.5. The number of hydrogen-bond donors (Lipinski definition) is 2. The Kier molecular flexibility index (Phi) is 8.16. The summed E-state index contributed by atoms with van der Waals surface area (Å²) in [6, 6.07) is 16.3. The van der Waals surface area contributed by atoms with Gasteiger partial charge >= 0.3 is 5.97 Å². The zero-order chi connectivity index (χ0) is 28.1. The van der Waals surface area contributed by atoms with Gasteiger partial charge in [0.2, 0.25) is 0 Å². The molecule has 10 heteroatoms. The van der Waals surface area contributed by atoms with E-state index in [1.807, 2.05) is 30.3 Å². The predicted molar refractivity (Wildman–Crippen MR) is 151 cm³/mol. The maximum Gasteiger partial charge on any atom is 0.356 e. The summed E-state index contributed by atoms with van der Waals surface area (Å²) in [6.07, 6.45) is 3.44. The van der Waals surface area contributed by atoms with E-state index in [-0.39, 0.29) is 17.7 Å². The SMILES string of the molecule is COC(=O)c1c(NC(=O)c2ccccc2)c2cc(NCc3cc(OC)ccc3OC)cnc2n1CC1CCCO1. The van der Waals surface area contributed by atoms with Gasteiger partial charge in [-0.25, -0.2) is 9.78 Å². The highest BCUT2D eigenvalue weighted by Gasteiger charge is 2.29. The Morgan fingerprint density at radius 2 is 1.90 bits per heavy atom. The number of esters is 1. The van der Waals surface area contributed by atoms with Crippen LogP contribution in [-0.2, 0) is 22.6 Å². The largest absolute Gasteiger partial charge is 0.497 e. The average molecular weight is 545 g/mol. The number of nitrogens with zero attached hydrogens (tertiary/aromatic N) is 2. The molecule has 0 spiro atoms. The van der Waals surface area contributed by atoms with Gasteiger partial charge < -0.3 is 34.1 Å². The number of hydrogen-bond acceptors (Lipinski definition) is 8. The second-order valence-corrected chi connectivity index (χ2v) is 9.41. The molecule has 1 aliphatic heterocycles. The molecule has 1 fully saturated rings. The Hall–Kier alpha value is -4.57. The van der Waals surface area contributed by atoms with Gasteiger partial charge in [0.25, 0.3) is 5.91 Å². The Labute approximate surface area is 232 Å². The van der Waals surface area contributed by atoms with Gasteiger partial charge in [0.05, 0.1) is 51.5 Å². The van der Waals surface area contributed by atoms with E-state index in [0.29, 0.717) is 59.2 Å². The number of nitrogens with one attached hydrogen (secondary N) is 2. The van der Waals surface area contributed by atoms with Crippen LogP contribution in [0, 0.1) is 0 Å². The molecular weight excluding hydrogens is 512 g/mol. The van der Waals surface area contributed by atoms with Crippen LogP contribution in [-0.4, -0.2) is 55.5 Å². The second-order valence-electron chi connectivity index (χ2n) is 9.41. The van der Waals surface area contributed by atoms with Crippen molar-refractivity contribution in [3.05, 3.63) is 77.6 Å². The number of pyridine rings is 1. The third-order valence-corrected chi connectivity index (χ3v) is 6.93. The van der Waals surface area contributed by atoms with Crippen LogP contribution in [0.25, 0.3) is 11.0 Å². The molecule has 5 rings (SSSR count). The summed E-state index contributed by atoms with van der Waals surface area (Å²) in [6.45, 7) is 1.51. The Bertz CT molecular complexity index is 1510. The highest BCUT2D eigenvalue weighted by Crippen LogP contribution is 2.34. The molecule has 10 nitrogen and oxygen atoms in total. The van der Waals surface area contributed by atoms with Crippen LogP contribution in [0.3, 0.4) is 0 Å². The lowest BCUT2D eigenvalue weighted by Crippen LogP contribution is -2.21. The first kappa shape index (κ1) is 27.0. The van der Waals surface area contributed by atoms with Gasteiger partial charge in [-0.15, -0.1) is 0 Å². The highest BCUT2D eigenvalue weighted by molar-refractivity contribution is 6.14. The maximum absolute atomic E-state index is 13.2. The van der Waals surface area contributed by atoms with Gasteiger partial charge in [0, 0.05) is 29.7 Å². The number of methoxy groups -OCH3 is 3. The van der Waals surface area contributed by atoms with E-state index in [0.717, 1.165) is 18.4 Å². The van der Waals surface area contributed by atoms with Crippen molar-refractivity contribution in [3.63, 3.8) is 0 Å². The molecule has 1 saturated heterocycles. The van der Waals surface area contributed by atoms with Crippen LogP contribution in [0.4, 0.5) is 11.4 Å². The smallest absolute Gasteiger partial charge is 0.356 e. The quantitative estimate of drug-likeness (QED) is 0.272. The topological polar surface area (TPSA) is 113 Å². The monoisotopic (exact) mass is 544 g/mol. The summed E-state index contributed by atoms with van der Waals surface area (Å²) in [5, 5.41) is 6.94. The van der Waals surface area contributed by atoms with Crippen molar-refractivity contribution in [1.29, 1.82) is 0 Å². The van der Waals surface area contributed by atoms with Crippen LogP contribution in [0.15, 0.2) is 60.8 Å². The fourth-order valence-corrected chi connectivity index (χ4v) is 4.92. The van der Waals surface area contributed by atoms with Crippen molar-refractivity contribution in [2.75, 3.05) is 38.6 Å². The molecule has 2 aromatic carbocycles. The number of ether oxygens (including phenoxy) is 4. The van der Waals surface area contributed by atoms with Crippen LogP contribution < -0.4 is 20.1 Å². The zero-order valence-electron chi connectivity index (χ0n) is 22.7. The van der Waals surface area contributed by atoms with E-state index in [1.165, 1.54) is 7.11 Å². The first-order chi connectivity index (χ1) is 19.5. The third-order valence-electron chi connectivity index (χ3n) is 6.93. The molecular formula is C30H32N4O6. The van der Waals surface area contributed by atoms with Gasteiger partial charge in [0.15, 0.2) is 5.69 Å². The number of aromatic nitrogens is 2. The molecule has 1 amide bonds. The van der Waals surface area contributed by atoms with Gasteiger partial charge in [-0.3, -0.25) is 4.79 Å². The Balaban J connectivity index is 1.56. The van der Waals surface area contributed by atoms with Crippen LogP contribution in [0.1, 0.15) is 39.3 Å². The number of anilines is 2.